The van der Waals surface area contributed by atoms with Crippen molar-refractivity contribution in [3.8, 4) is 0 Å². The van der Waals surface area contributed by atoms with Crippen LogP contribution in [0.2, 0.25) is 0 Å². The van der Waals surface area contributed by atoms with Crippen molar-refractivity contribution < 1.29 is 71.5 Å². The summed E-state index contributed by atoms with van der Waals surface area (Å²) >= 11 is 0. The fraction of sp³-hybridized carbons (Fsp3) is 0.759. The second-order valence-corrected chi connectivity index (χ2v) is 9.98. The topological polar surface area (TPSA) is 278 Å². The normalized spacial score (nSPS) is 10.4. The number of hydrogen-bond acceptors (Lipinski definition) is 15. The van der Waals surface area contributed by atoms with Gasteiger partial charge in [-0.15, -0.1) is 0 Å². The smallest absolute Gasteiger partial charge is 0.407 e. The molecule has 0 radical (unpaired) electrons. The number of ether oxygens (including phenoxy) is 8. The highest BCUT2D eigenvalue weighted by atomic mass is 16.6. The molecule has 22 heteroatoms. The molecule has 0 heterocycles. The average Bonchev–Trinajstić information content (AvgIpc) is 3.08. The van der Waals surface area contributed by atoms with E-state index in [2.05, 4.69) is 37.2 Å². The summed E-state index contributed by atoms with van der Waals surface area (Å²) in [5.74, 6) is 0. The van der Waals surface area contributed by atoms with Crippen molar-refractivity contribution in [2.24, 2.45) is 0 Å². The third kappa shape index (κ3) is 26.4. The fourth-order valence-electron chi connectivity index (χ4n) is 3.30. The van der Waals surface area contributed by atoms with Crippen LogP contribution in [0, 0.1) is 0 Å². The Bertz CT molecular complexity index is 944. The van der Waals surface area contributed by atoms with Crippen molar-refractivity contribution in [3.05, 3.63) is 0 Å². The van der Waals surface area contributed by atoms with Gasteiger partial charge in [-0.3, -0.25) is 0 Å². The molecule has 0 saturated carbocycles. The third-order valence-corrected chi connectivity index (χ3v) is 5.55. The molecule has 0 bridgehead atoms. The van der Waals surface area contributed by atoms with E-state index in [1.54, 1.807) is 27.7 Å². The number of carbonyl (C=O) groups is 7. The van der Waals surface area contributed by atoms with E-state index >= 15 is 0 Å². The first-order chi connectivity index (χ1) is 24.5. The van der Waals surface area contributed by atoms with E-state index in [1.165, 1.54) is 0 Å². The summed E-state index contributed by atoms with van der Waals surface area (Å²) in [5.41, 5.74) is 0. The van der Waals surface area contributed by atoms with Crippen molar-refractivity contribution in [1.29, 1.82) is 0 Å². The number of alkyl carbamates (subject to hydrolysis) is 7. The van der Waals surface area contributed by atoms with Crippen LogP contribution in [0.5, 0.6) is 0 Å². The molecular formula is C29H53N7O15. The lowest BCUT2D eigenvalue weighted by molar-refractivity contribution is 0.0596. The first kappa shape index (κ1) is 45.8. The van der Waals surface area contributed by atoms with Gasteiger partial charge in [0.2, 0.25) is 0 Å². The molecule has 294 valence electrons. The molecule has 0 rings (SSSR count). The van der Waals surface area contributed by atoms with Crippen molar-refractivity contribution in [2.75, 3.05) is 85.6 Å². The van der Waals surface area contributed by atoms with E-state index in [4.69, 9.17) is 37.9 Å². The van der Waals surface area contributed by atoms with Gasteiger partial charge >= 0.3 is 42.7 Å². The van der Waals surface area contributed by atoms with Gasteiger partial charge in [0, 0.05) is 32.8 Å². The molecule has 0 aromatic rings. The van der Waals surface area contributed by atoms with E-state index in [0.717, 1.165) is 6.42 Å². The lowest BCUT2D eigenvalue weighted by atomic mass is 10.3. The van der Waals surface area contributed by atoms with E-state index in [0.29, 0.717) is 6.61 Å². The molecule has 7 amide bonds. The molecule has 0 spiro atoms. The molecule has 0 saturated heterocycles. The summed E-state index contributed by atoms with van der Waals surface area (Å²) in [7, 11) is 0. The maximum atomic E-state index is 12.7. The van der Waals surface area contributed by atoms with Crippen molar-refractivity contribution in [3.63, 3.8) is 0 Å². The molecule has 0 aromatic carbocycles. The van der Waals surface area contributed by atoms with Crippen LogP contribution in [0.1, 0.15) is 41.0 Å². The lowest BCUT2D eigenvalue weighted by Crippen LogP contribution is -2.48. The van der Waals surface area contributed by atoms with Crippen LogP contribution in [-0.2, 0) is 37.9 Å². The highest BCUT2D eigenvalue weighted by molar-refractivity contribution is 5.71. The Balaban J connectivity index is 5.48. The van der Waals surface area contributed by atoms with E-state index in [-0.39, 0.29) is 39.4 Å². The minimum absolute atomic E-state index is 0.0982. The fourth-order valence-corrected chi connectivity index (χ4v) is 3.30. The Hall–Kier alpha value is -5.15. The molecule has 0 fully saturated rings. The molecule has 0 aliphatic carbocycles. The Morgan fingerprint density at radius 1 is 0.373 bits per heavy atom. The quantitative estimate of drug-likeness (QED) is 0.0530. The van der Waals surface area contributed by atoms with Crippen LogP contribution in [0.4, 0.5) is 33.6 Å². The van der Waals surface area contributed by atoms with Crippen LogP contribution >= 0.6 is 0 Å². The molecule has 0 unspecified atom stereocenters. The van der Waals surface area contributed by atoms with Crippen LogP contribution in [0.3, 0.4) is 0 Å². The second kappa shape index (κ2) is 29.7. The first-order valence-corrected chi connectivity index (χ1v) is 16.5. The van der Waals surface area contributed by atoms with Gasteiger partial charge in [0.05, 0.1) is 6.61 Å². The minimum Gasteiger partial charge on any atom is -0.447 e. The highest BCUT2D eigenvalue weighted by Crippen LogP contribution is 1.98. The van der Waals surface area contributed by atoms with Crippen LogP contribution in [-0.4, -0.2) is 146 Å². The van der Waals surface area contributed by atoms with Gasteiger partial charge in [-0.2, -0.15) is 0 Å². The van der Waals surface area contributed by atoms with E-state index < -0.39 is 100 Å². The predicted octanol–water partition coefficient (Wildman–Crippen LogP) is 0.682. The van der Waals surface area contributed by atoms with E-state index in [1.807, 2.05) is 6.92 Å². The lowest BCUT2D eigenvalue weighted by Gasteiger charge is -2.22. The molecular weight excluding hydrogens is 686 g/mol. The average molecular weight is 740 g/mol. The van der Waals surface area contributed by atoms with Gasteiger partial charge < -0.3 is 75.1 Å². The Morgan fingerprint density at radius 3 is 0.922 bits per heavy atom. The van der Waals surface area contributed by atoms with Gasteiger partial charge in [-0.1, -0.05) is 6.92 Å². The SMILES string of the molecule is CCCOCCOC(=O)NC(COC(=O)NC(COC(=O)NCC)COC(=O)NCC)COC(=O)NC(COC(=O)NCC)COC(=O)NCC. The van der Waals surface area contributed by atoms with Crippen LogP contribution in [0.15, 0.2) is 0 Å². The Morgan fingerprint density at radius 2 is 0.647 bits per heavy atom. The zero-order chi connectivity index (χ0) is 38.3. The first-order valence-electron chi connectivity index (χ1n) is 16.5. The summed E-state index contributed by atoms with van der Waals surface area (Å²) < 4.78 is 40.8. The predicted molar refractivity (Wildman–Crippen MR) is 176 cm³/mol. The molecule has 0 aromatic heterocycles. The summed E-state index contributed by atoms with van der Waals surface area (Å²) in [4.78, 5) is 84.7. The largest absolute Gasteiger partial charge is 0.447 e. The Labute approximate surface area is 296 Å². The molecule has 51 heavy (non-hydrogen) atoms. The van der Waals surface area contributed by atoms with Gasteiger partial charge in [0.1, 0.15) is 64.4 Å². The molecule has 0 atom stereocenters. The summed E-state index contributed by atoms with van der Waals surface area (Å²) in [6.45, 7) is 7.51. The molecule has 22 nitrogen and oxygen atoms in total. The zero-order valence-corrected chi connectivity index (χ0v) is 29.8. The van der Waals surface area contributed by atoms with Gasteiger partial charge in [-0.25, -0.2) is 33.6 Å². The number of amides is 7. The standard InChI is InChI=1S/C29H53N7O15/c1-6-11-44-12-13-45-27(41)34-22(18-50-28(42)35-20(14-46-23(37)30-7-2)15-47-24(38)31-8-3)19-51-29(43)36-21(16-48-25(39)32-9-4)17-49-26(40)33-10-5/h20-22H,6-19H2,1-5H3,(H,30,37)(H,31,38)(H,32,39)(H,33,40)(H,34,41)(H,35,42)(H,36,43). The number of rotatable bonds is 24. The van der Waals surface area contributed by atoms with Crippen LogP contribution < -0.4 is 37.2 Å². The number of hydrogen-bond donors (Lipinski definition) is 7. The minimum atomic E-state index is -1.17. The van der Waals surface area contributed by atoms with Crippen molar-refractivity contribution >= 4 is 42.7 Å². The third-order valence-electron chi connectivity index (χ3n) is 5.55. The maximum Gasteiger partial charge on any atom is 0.407 e. The summed E-state index contributed by atoms with van der Waals surface area (Å²) in [6.07, 6.45) is -5.42. The molecule has 7 N–H and O–H groups in total. The van der Waals surface area contributed by atoms with Crippen LogP contribution in [0.25, 0.3) is 0 Å². The highest BCUT2D eigenvalue weighted by Gasteiger charge is 2.23. The monoisotopic (exact) mass is 739 g/mol. The van der Waals surface area contributed by atoms with Gasteiger partial charge in [0.15, 0.2) is 0 Å². The molecule has 0 aliphatic heterocycles. The summed E-state index contributed by atoms with van der Waals surface area (Å²) in [5, 5.41) is 16.8. The second-order valence-electron chi connectivity index (χ2n) is 9.98. The maximum absolute atomic E-state index is 12.7. The Kier molecular flexibility index (Phi) is 26.7. The molecule has 0 aliphatic rings. The van der Waals surface area contributed by atoms with Crippen molar-refractivity contribution in [1.82, 2.24) is 37.2 Å². The van der Waals surface area contributed by atoms with Gasteiger partial charge in [0.25, 0.3) is 0 Å². The number of nitrogens with one attached hydrogen (secondary N) is 7. The summed E-state index contributed by atoms with van der Waals surface area (Å²) in [6, 6.07) is -3.24. The zero-order valence-electron chi connectivity index (χ0n) is 29.8. The van der Waals surface area contributed by atoms with E-state index in [9.17, 15) is 33.6 Å². The van der Waals surface area contributed by atoms with Gasteiger partial charge in [-0.05, 0) is 34.1 Å². The van der Waals surface area contributed by atoms with Crippen molar-refractivity contribution in [2.45, 2.75) is 59.2 Å². The number of carbonyl (C=O) groups excluding carboxylic acids is 7.